The number of nitrogens with zero attached hydrogens (tertiary/aromatic N) is 1. The molecule has 0 radical (unpaired) electrons. The zero-order valence-electron chi connectivity index (χ0n) is 16.3. The summed E-state index contributed by atoms with van der Waals surface area (Å²) in [5, 5.41) is 2.87. The Kier molecular flexibility index (Phi) is 7.38. The molecule has 1 heterocycles. The van der Waals surface area contributed by atoms with E-state index < -0.39 is 17.0 Å². The van der Waals surface area contributed by atoms with Crippen LogP contribution < -0.4 is 5.32 Å². The van der Waals surface area contributed by atoms with E-state index in [-0.39, 0.29) is 23.9 Å². The second-order valence-electron chi connectivity index (χ2n) is 7.85. The maximum absolute atomic E-state index is 12.8. The maximum atomic E-state index is 12.8. The highest BCUT2D eigenvalue weighted by Crippen LogP contribution is 2.37. The Hall–Kier alpha value is -1.24. The summed E-state index contributed by atoms with van der Waals surface area (Å²) in [7, 11) is 0. The van der Waals surface area contributed by atoms with Crippen molar-refractivity contribution in [3.8, 4) is 0 Å². The van der Waals surface area contributed by atoms with Crippen LogP contribution in [0.3, 0.4) is 0 Å². The fourth-order valence-electron chi connectivity index (χ4n) is 3.55. The van der Waals surface area contributed by atoms with Crippen LogP contribution in [0.1, 0.15) is 66.2 Å². The average Bonchev–Trinajstić information content (AvgIpc) is 2.93. The third kappa shape index (κ3) is 4.93. The summed E-state index contributed by atoms with van der Waals surface area (Å²) in [6.07, 6.45) is 6.61. The van der Waals surface area contributed by atoms with Gasteiger partial charge in [-0.1, -0.05) is 26.7 Å². The molecular formula is C19H32N2O4S. The van der Waals surface area contributed by atoms with Crippen molar-refractivity contribution in [2.75, 3.05) is 5.75 Å². The monoisotopic (exact) mass is 384 g/mol. The van der Waals surface area contributed by atoms with Gasteiger partial charge in [0.05, 0.1) is 4.87 Å². The van der Waals surface area contributed by atoms with E-state index in [1.807, 2.05) is 27.7 Å². The van der Waals surface area contributed by atoms with Crippen LogP contribution in [-0.2, 0) is 19.1 Å². The van der Waals surface area contributed by atoms with Crippen LogP contribution in [0.5, 0.6) is 0 Å². The van der Waals surface area contributed by atoms with E-state index >= 15 is 0 Å². The fraction of sp³-hybridized carbons (Fsp3) is 0.842. The minimum atomic E-state index is -0.670. The smallest absolute Gasteiger partial charge is 0.329 e. The molecule has 0 spiro atoms. The van der Waals surface area contributed by atoms with Crippen molar-refractivity contribution < 1.29 is 19.1 Å². The molecule has 2 aliphatic rings. The molecule has 7 heteroatoms. The third-order valence-electron chi connectivity index (χ3n) is 5.57. The summed E-state index contributed by atoms with van der Waals surface area (Å²) >= 11 is 1.56. The summed E-state index contributed by atoms with van der Waals surface area (Å²) in [5.74, 6) is -0.118. The highest BCUT2D eigenvalue weighted by Gasteiger charge is 2.44. The number of carbonyl (C=O) groups is 3. The molecule has 1 saturated carbocycles. The van der Waals surface area contributed by atoms with Gasteiger partial charge in [-0.25, -0.2) is 4.79 Å². The molecule has 6 nitrogen and oxygen atoms in total. The summed E-state index contributed by atoms with van der Waals surface area (Å²) in [6, 6.07) is -1.22. The first-order valence-corrected chi connectivity index (χ1v) is 10.7. The van der Waals surface area contributed by atoms with Crippen LogP contribution >= 0.6 is 11.8 Å². The molecule has 1 N–H and O–H groups in total. The molecule has 1 saturated heterocycles. The van der Waals surface area contributed by atoms with Gasteiger partial charge in [0, 0.05) is 5.75 Å². The fourth-order valence-corrected chi connectivity index (χ4v) is 4.75. The Morgan fingerprint density at radius 1 is 1.31 bits per heavy atom. The van der Waals surface area contributed by atoms with Gasteiger partial charge in [-0.3, -0.25) is 9.59 Å². The second-order valence-corrected chi connectivity index (χ2v) is 9.48. The van der Waals surface area contributed by atoms with Crippen LogP contribution in [0, 0.1) is 5.92 Å². The Bertz CT molecular complexity index is 520. The molecule has 2 rings (SSSR count). The van der Waals surface area contributed by atoms with Crippen molar-refractivity contribution in [3.05, 3.63) is 0 Å². The van der Waals surface area contributed by atoms with Crippen LogP contribution in [0.4, 0.5) is 0 Å². The molecule has 148 valence electrons. The number of carbonyl (C=O) groups excluding carboxylic acids is 3. The quantitative estimate of drug-likeness (QED) is 0.539. The molecule has 0 aromatic heterocycles. The number of thioether (sulfide) groups is 1. The largest absolute Gasteiger partial charge is 0.461 e. The highest BCUT2D eigenvalue weighted by atomic mass is 32.2. The molecule has 2 fully saturated rings. The van der Waals surface area contributed by atoms with Gasteiger partial charge in [0.15, 0.2) is 0 Å². The van der Waals surface area contributed by atoms with Crippen molar-refractivity contribution >= 4 is 30.0 Å². The number of amides is 2. The lowest BCUT2D eigenvalue weighted by atomic mass is 9.96. The van der Waals surface area contributed by atoms with Gasteiger partial charge in [-0.05, 0) is 45.4 Å². The van der Waals surface area contributed by atoms with Crippen molar-refractivity contribution in [2.24, 2.45) is 5.92 Å². The van der Waals surface area contributed by atoms with E-state index in [4.69, 9.17) is 4.74 Å². The standard InChI is InChI=1S/C19H32N2O4S/c1-5-13(2)16(18(24)25-14-9-7-6-8-10-14)20-17(23)15-11-26-19(3,4)21(15)12-22/h12-16H,5-11H2,1-4H3,(H,20,23)/t13-,15-,16+/m0/s1. The number of hydrogen-bond donors (Lipinski definition) is 1. The minimum Gasteiger partial charge on any atom is -0.461 e. The molecule has 0 unspecified atom stereocenters. The minimum absolute atomic E-state index is 0.0261. The Morgan fingerprint density at radius 2 is 1.96 bits per heavy atom. The van der Waals surface area contributed by atoms with E-state index in [0.29, 0.717) is 5.75 Å². The van der Waals surface area contributed by atoms with Crippen molar-refractivity contribution in [3.63, 3.8) is 0 Å². The summed E-state index contributed by atoms with van der Waals surface area (Å²) < 4.78 is 5.69. The van der Waals surface area contributed by atoms with Gasteiger partial charge < -0.3 is 15.0 Å². The predicted molar refractivity (Wildman–Crippen MR) is 103 cm³/mol. The van der Waals surface area contributed by atoms with Gasteiger partial charge in [0.1, 0.15) is 18.2 Å². The number of nitrogens with one attached hydrogen (secondary N) is 1. The molecular weight excluding hydrogens is 352 g/mol. The molecule has 0 aromatic rings. The lowest BCUT2D eigenvalue weighted by Gasteiger charge is -2.32. The average molecular weight is 385 g/mol. The third-order valence-corrected chi connectivity index (χ3v) is 6.97. The van der Waals surface area contributed by atoms with E-state index in [1.165, 1.54) is 11.3 Å². The first-order valence-electron chi connectivity index (χ1n) is 9.68. The Balaban J connectivity index is 2.03. The number of ether oxygens (including phenoxy) is 1. The van der Waals surface area contributed by atoms with Crippen LogP contribution in [0.15, 0.2) is 0 Å². The topological polar surface area (TPSA) is 75.7 Å². The zero-order chi connectivity index (χ0) is 19.3. The van der Waals surface area contributed by atoms with Crippen LogP contribution in [0.25, 0.3) is 0 Å². The van der Waals surface area contributed by atoms with Gasteiger partial charge in [0.25, 0.3) is 0 Å². The van der Waals surface area contributed by atoms with Gasteiger partial charge >= 0.3 is 5.97 Å². The van der Waals surface area contributed by atoms with E-state index in [2.05, 4.69) is 5.32 Å². The molecule has 1 aliphatic heterocycles. The first-order chi connectivity index (χ1) is 12.3. The van der Waals surface area contributed by atoms with Gasteiger partial charge in [-0.2, -0.15) is 0 Å². The van der Waals surface area contributed by atoms with Crippen molar-refractivity contribution in [1.82, 2.24) is 10.2 Å². The first kappa shape index (κ1) is 21.1. The van der Waals surface area contributed by atoms with Crippen LogP contribution in [-0.4, -0.2) is 52.0 Å². The van der Waals surface area contributed by atoms with Crippen molar-refractivity contribution in [2.45, 2.75) is 89.3 Å². The number of esters is 1. The Labute approximate surface area is 160 Å². The molecule has 1 aliphatic carbocycles. The molecule has 0 aromatic carbocycles. The molecule has 2 amide bonds. The summed E-state index contributed by atoms with van der Waals surface area (Å²) in [5.41, 5.74) is 0. The zero-order valence-corrected chi connectivity index (χ0v) is 17.1. The molecule has 3 atom stereocenters. The summed E-state index contributed by atoms with van der Waals surface area (Å²) in [4.78, 5) is 38.1. The lowest BCUT2D eigenvalue weighted by molar-refractivity contribution is -0.156. The number of hydrogen-bond acceptors (Lipinski definition) is 5. The van der Waals surface area contributed by atoms with E-state index in [1.54, 1.807) is 11.8 Å². The van der Waals surface area contributed by atoms with Crippen LogP contribution in [0.2, 0.25) is 0 Å². The molecule has 0 bridgehead atoms. The Morgan fingerprint density at radius 3 is 2.54 bits per heavy atom. The normalized spacial score (nSPS) is 25.4. The maximum Gasteiger partial charge on any atom is 0.329 e. The van der Waals surface area contributed by atoms with Gasteiger partial charge in [-0.15, -0.1) is 11.8 Å². The van der Waals surface area contributed by atoms with E-state index in [0.717, 1.165) is 38.5 Å². The number of rotatable bonds is 7. The van der Waals surface area contributed by atoms with Crippen molar-refractivity contribution in [1.29, 1.82) is 0 Å². The second kappa shape index (κ2) is 9.11. The SMILES string of the molecule is CC[C@H](C)[C@@H](NC(=O)[C@@H]1CSC(C)(C)N1C=O)C(=O)OC1CCCCC1. The molecule has 26 heavy (non-hydrogen) atoms. The van der Waals surface area contributed by atoms with Gasteiger partial charge in [0.2, 0.25) is 12.3 Å². The highest BCUT2D eigenvalue weighted by molar-refractivity contribution is 8.00. The predicted octanol–water partition coefficient (Wildman–Crippen LogP) is 2.70. The lowest BCUT2D eigenvalue weighted by Crippen LogP contribution is -2.55. The van der Waals surface area contributed by atoms with E-state index in [9.17, 15) is 14.4 Å². The summed E-state index contributed by atoms with van der Waals surface area (Å²) in [6.45, 7) is 7.77.